The van der Waals surface area contributed by atoms with Crippen molar-refractivity contribution in [1.29, 1.82) is 0 Å². The topological polar surface area (TPSA) is 66.3 Å². The summed E-state index contributed by atoms with van der Waals surface area (Å²) in [6.07, 6.45) is -1.56. The summed E-state index contributed by atoms with van der Waals surface area (Å²) in [6, 6.07) is 14.1. The van der Waals surface area contributed by atoms with Gasteiger partial charge in [-0.15, -0.1) is 0 Å². The minimum atomic E-state index is -5.08. The van der Waals surface area contributed by atoms with Crippen LogP contribution in [0.2, 0.25) is 10.0 Å². The molecule has 2 heterocycles. The average molecular weight is 484 g/mol. The summed E-state index contributed by atoms with van der Waals surface area (Å²) in [5, 5.41) is 8.54. The number of aromatic nitrogens is 2. The summed E-state index contributed by atoms with van der Waals surface area (Å²) < 4.78 is 31.7. The van der Waals surface area contributed by atoms with Gasteiger partial charge in [-0.05, 0) is 48.0 Å². The first-order valence-electron chi connectivity index (χ1n) is 9.40. The van der Waals surface area contributed by atoms with Crippen molar-refractivity contribution in [2.24, 2.45) is 0 Å². The Balaban J connectivity index is 0.000000360. The molecule has 0 saturated heterocycles. The molecule has 0 amide bonds. The van der Waals surface area contributed by atoms with Crippen molar-refractivity contribution in [3.05, 3.63) is 81.6 Å². The molecule has 1 N–H and O–H groups in total. The van der Waals surface area contributed by atoms with Gasteiger partial charge in [-0.3, -0.25) is 0 Å². The predicted octanol–water partition coefficient (Wildman–Crippen LogP) is 5.66. The van der Waals surface area contributed by atoms with Gasteiger partial charge in [-0.25, -0.2) is 14.8 Å². The van der Waals surface area contributed by atoms with Crippen LogP contribution in [0.1, 0.15) is 22.6 Å². The van der Waals surface area contributed by atoms with Gasteiger partial charge in [0, 0.05) is 47.0 Å². The Morgan fingerprint density at radius 1 is 1.12 bits per heavy atom. The molecule has 0 radical (unpaired) electrons. The smallest absolute Gasteiger partial charge is 0.475 e. The highest BCUT2D eigenvalue weighted by molar-refractivity contribution is 6.35. The summed E-state index contributed by atoms with van der Waals surface area (Å²) in [5.41, 5.74) is 4.60. The number of halogens is 5. The Morgan fingerprint density at radius 2 is 1.78 bits per heavy atom. The van der Waals surface area contributed by atoms with Crippen LogP contribution in [0.3, 0.4) is 0 Å². The maximum Gasteiger partial charge on any atom is 0.490 e. The normalized spacial score (nSPS) is 16.0. The van der Waals surface area contributed by atoms with Crippen molar-refractivity contribution in [3.63, 3.8) is 0 Å². The maximum absolute atomic E-state index is 10.6. The van der Waals surface area contributed by atoms with Crippen LogP contribution in [-0.2, 0) is 11.3 Å². The molecule has 0 bridgehead atoms. The number of carboxylic acid groups (broad SMARTS) is 1. The van der Waals surface area contributed by atoms with E-state index in [-0.39, 0.29) is 5.92 Å². The lowest BCUT2D eigenvalue weighted by Gasteiger charge is -2.33. The summed E-state index contributed by atoms with van der Waals surface area (Å²) in [6.45, 7) is 1.76. The molecule has 1 aliphatic heterocycles. The van der Waals surface area contributed by atoms with E-state index in [1.54, 1.807) is 12.4 Å². The van der Waals surface area contributed by atoms with E-state index in [4.69, 9.17) is 33.1 Å². The van der Waals surface area contributed by atoms with Crippen LogP contribution in [-0.4, -0.2) is 45.7 Å². The number of benzene rings is 2. The van der Waals surface area contributed by atoms with E-state index < -0.39 is 12.1 Å². The molecule has 1 atom stereocenters. The number of alkyl halides is 3. The van der Waals surface area contributed by atoms with E-state index in [9.17, 15) is 13.2 Å². The first-order chi connectivity index (χ1) is 15.1. The summed E-state index contributed by atoms with van der Waals surface area (Å²) in [5.74, 6) is -1.81. The van der Waals surface area contributed by atoms with Crippen molar-refractivity contribution in [3.8, 4) is 11.4 Å². The van der Waals surface area contributed by atoms with Crippen molar-refractivity contribution in [2.45, 2.75) is 18.6 Å². The minimum Gasteiger partial charge on any atom is -0.475 e. The molecular weight excluding hydrogens is 466 g/mol. The number of carbonyl (C=O) groups is 1. The first kappa shape index (κ1) is 24.0. The lowest BCUT2D eigenvalue weighted by molar-refractivity contribution is -0.192. The van der Waals surface area contributed by atoms with Crippen molar-refractivity contribution < 1.29 is 23.1 Å². The van der Waals surface area contributed by atoms with Gasteiger partial charge in [0.2, 0.25) is 0 Å². The van der Waals surface area contributed by atoms with Crippen molar-refractivity contribution >= 4 is 29.2 Å². The van der Waals surface area contributed by atoms with E-state index in [1.165, 1.54) is 11.1 Å². The number of nitrogens with zero attached hydrogens (tertiary/aromatic N) is 3. The van der Waals surface area contributed by atoms with Gasteiger partial charge >= 0.3 is 12.1 Å². The van der Waals surface area contributed by atoms with Gasteiger partial charge in [0.1, 0.15) is 0 Å². The Kier molecular flexibility index (Phi) is 7.38. The Morgan fingerprint density at radius 3 is 2.41 bits per heavy atom. The Bertz CT molecular complexity index is 1110. The number of hydrogen-bond donors (Lipinski definition) is 1. The van der Waals surface area contributed by atoms with E-state index in [2.05, 4.69) is 40.1 Å². The monoisotopic (exact) mass is 483 g/mol. The highest BCUT2D eigenvalue weighted by Crippen LogP contribution is 2.39. The lowest BCUT2D eigenvalue weighted by atomic mass is 9.84. The van der Waals surface area contributed by atoms with Crippen LogP contribution in [0.25, 0.3) is 11.4 Å². The molecule has 5 nitrogen and oxygen atoms in total. The molecule has 0 saturated carbocycles. The van der Waals surface area contributed by atoms with Gasteiger partial charge in [-0.1, -0.05) is 41.4 Å². The van der Waals surface area contributed by atoms with Gasteiger partial charge in [-0.2, -0.15) is 13.2 Å². The van der Waals surface area contributed by atoms with Crippen LogP contribution < -0.4 is 0 Å². The largest absolute Gasteiger partial charge is 0.490 e. The Hall–Kier alpha value is -2.68. The first-order valence-corrected chi connectivity index (χ1v) is 10.2. The molecule has 168 valence electrons. The fourth-order valence-corrected chi connectivity index (χ4v) is 4.04. The number of rotatable bonds is 2. The molecular formula is C22H18Cl2F3N3O2. The van der Waals surface area contributed by atoms with E-state index in [1.807, 2.05) is 24.3 Å². The molecule has 1 aromatic heterocycles. The quantitative estimate of drug-likeness (QED) is 0.509. The summed E-state index contributed by atoms with van der Waals surface area (Å²) in [4.78, 5) is 19.9. The standard InChI is InChI=1S/C20H17Cl2N3.C2HF3O2/c1-25-11-17(16-9-15(21)10-19(22)18(16)12-25)13-4-2-5-14(8-13)20-23-6-3-7-24-20;3-2(4,5)1(6)7/h2-10,17H,11-12H2,1H3;(H,6,7)/t17-;/m0./s1. The van der Waals surface area contributed by atoms with E-state index >= 15 is 0 Å². The van der Waals surface area contributed by atoms with Crippen LogP contribution in [0, 0.1) is 0 Å². The van der Waals surface area contributed by atoms with E-state index in [0.717, 1.165) is 35.1 Å². The van der Waals surface area contributed by atoms with Crippen LogP contribution >= 0.6 is 23.2 Å². The molecule has 0 unspecified atom stereocenters. The zero-order valence-electron chi connectivity index (χ0n) is 16.8. The van der Waals surface area contributed by atoms with E-state index in [0.29, 0.717) is 5.02 Å². The van der Waals surface area contributed by atoms with Gasteiger partial charge in [0.15, 0.2) is 5.82 Å². The Labute approximate surface area is 192 Å². The molecule has 4 rings (SSSR count). The molecule has 0 aliphatic carbocycles. The van der Waals surface area contributed by atoms with Gasteiger partial charge in [0.05, 0.1) is 0 Å². The molecule has 0 fully saturated rings. The maximum atomic E-state index is 10.6. The molecule has 0 spiro atoms. The highest BCUT2D eigenvalue weighted by atomic mass is 35.5. The fourth-order valence-electron chi connectivity index (χ4n) is 3.47. The summed E-state index contributed by atoms with van der Waals surface area (Å²) in [7, 11) is 2.12. The third kappa shape index (κ3) is 5.76. The zero-order chi connectivity index (χ0) is 23.5. The highest BCUT2D eigenvalue weighted by Gasteiger charge is 2.38. The number of likely N-dealkylation sites (N-methyl/N-ethyl adjacent to an activating group) is 1. The van der Waals surface area contributed by atoms with Crippen molar-refractivity contribution in [1.82, 2.24) is 14.9 Å². The molecule has 10 heteroatoms. The molecule has 3 aromatic rings. The minimum absolute atomic E-state index is 0.216. The SMILES string of the molecule is CN1Cc2c(Cl)cc(Cl)cc2[C@H](c2cccc(-c3ncccn3)c2)C1.O=C(O)C(F)(F)F. The lowest BCUT2D eigenvalue weighted by Crippen LogP contribution is -2.31. The predicted molar refractivity (Wildman–Crippen MR) is 116 cm³/mol. The average Bonchev–Trinajstić information content (AvgIpc) is 2.74. The third-order valence-electron chi connectivity index (χ3n) is 4.85. The molecule has 32 heavy (non-hydrogen) atoms. The molecule has 1 aliphatic rings. The third-order valence-corrected chi connectivity index (χ3v) is 5.40. The van der Waals surface area contributed by atoms with Gasteiger partial charge in [0.25, 0.3) is 0 Å². The van der Waals surface area contributed by atoms with Crippen LogP contribution in [0.5, 0.6) is 0 Å². The van der Waals surface area contributed by atoms with Crippen molar-refractivity contribution in [2.75, 3.05) is 13.6 Å². The second kappa shape index (κ2) is 9.85. The summed E-state index contributed by atoms with van der Waals surface area (Å²) >= 11 is 12.7. The number of aliphatic carboxylic acids is 1. The number of fused-ring (bicyclic) bond motifs is 1. The molecule has 2 aromatic carbocycles. The fraction of sp³-hybridized carbons (Fsp3) is 0.227. The van der Waals surface area contributed by atoms with Crippen LogP contribution in [0.4, 0.5) is 13.2 Å². The zero-order valence-corrected chi connectivity index (χ0v) is 18.3. The second-order valence-corrected chi connectivity index (χ2v) is 8.05. The second-order valence-electron chi connectivity index (χ2n) is 7.21. The number of hydrogen-bond acceptors (Lipinski definition) is 4. The number of carboxylic acids is 1. The van der Waals surface area contributed by atoms with Gasteiger partial charge < -0.3 is 10.0 Å². The van der Waals surface area contributed by atoms with Crippen LogP contribution in [0.15, 0.2) is 54.9 Å².